The van der Waals surface area contributed by atoms with Crippen LogP contribution in [0, 0.1) is 6.92 Å². The molecule has 3 aromatic carbocycles. The standard InChI is InChI=1S/C27H23N3O4/c1-3-34-27(33)25-23(17-24(31)30(29-25)22-15-9-18(2)10-16-22)28-26(32)21-13-11-20(12-14-21)19-7-5-4-6-8-19/h4-17H,3H2,1-2H3,(H,28,32). The van der Waals surface area contributed by atoms with Gasteiger partial charge in [0.1, 0.15) is 0 Å². The summed E-state index contributed by atoms with van der Waals surface area (Å²) in [4.78, 5) is 38.3. The van der Waals surface area contributed by atoms with Crippen LogP contribution in [0.25, 0.3) is 16.8 Å². The first-order valence-corrected chi connectivity index (χ1v) is 10.8. The van der Waals surface area contributed by atoms with E-state index in [-0.39, 0.29) is 18.0 Å². The molecule has 1 N–H and O–H groups in total. The SMILES string of the molecule is CCOC(=O)c1nn(-c2ccc(C)cc2)c(=O)cc1NC(=O)c1ccc(-c2ccccc2)cc1. The molecule has 1 aromatic heterocycles. The fourth-order valence-electron chi connectivity index (χ4n) is 3.41. The Morgan fingerprint density at radius 1 is 0.912 bits per heavy atom. The number of esters is 1. The van der Waals surface area contributed by atoms with Crippen LogP contribution in [-0.4, -0.2) is 28.3 Å². The van der Waals surface area contributed by atoms with Crippen LogP contribution in [0.4, 0.5) is 5.69 Å². The third-order valence-corrected chi connectivity index (χ3v) is 5.18. The molecule has 0 fully saturated rings. The van der Waals surface area contributed by atoms with E-state index in [2.05, 4.69) is 10.4 Å². The predicted octanol–water partition coefficient (Wildman–Crippen LogP) is 4.64. The minimum Gasteiger partial charge on any atom is -0.461 e. The molecule has 7 heteroatoms. The maximum absolute atomic E-state index is 12.9. The van der Waals surface area contributed by atoms with Crippen molar-refractivity contribution in [3.63, 3.8) is 0 Å². The number of hydrogen-bond acceptors (Lipinski definition) is 5. The van der Waals surface area contributed by atoms with Crippen molar-refractivity contribution in [2.45, 2.75) is 13.8 Å². The lowest BCUT2D eigenvalue weighted by molar-refractivity contribution is 0.0518. The molecular weight excluding hydrogens is 430 g/mol. The zero-order valence-electron chi connectivity index (χ0n) is 18.8. The molecule has 0 bridgehead atoms. The molecule has 0 radical (unpaired) electrons. The van der Waals surface area contributed by atoms with Crippen molar-refractivity contribution >= 4 is 17.6 Å². The molecule has 0 saturated carbocycles. The molecule has 0 aliphatic carbocycles. The molecule has 34 heavy (non-hydrogen) atoms. The van der Waals surface area contributed by atoms with Gasteiger partial charge in [0.15, 0.2) is 5.69 Å². The number of carbonyl (C=O) groups is 2. The van der Waals surface area contributed by atoms with Crippen LogP contribution in [0.1, 0.15) is 33.3 Å². The highest BCUT2D eigenvalue weighted by atomic mass is 16.5. The first kappa shape index (κ1) is 22.7. The maximum atomic E-state index is 12.9. The minimum absolute atomic E-state index is 0.0102. The van der Waals surface area contributed by atoms with E-state index in [4.69, 9.17) is 4.74 Å². The topological polar surface area (TPSA) is 90.3 Å². The van der Waals surface area contributed by atoms with E-state index in [1.807, 2.05) is 61.5 Å². The van der Waals surface area contributed by atoms with E-state index < -0.39 is 17.4 Å². The van der Waals surface area contributed by atoms with Crippen molar-refractivity contribution < 1.29 is 14.3 Å². The molecule has 0 unspecified atom stereocenters. The van der Waals surface area contributed by atoms with Gasteiger partial charge in [0.05, 0.1) is 18.0 Å². The Labute approximate surface area is 196 Å². The fraction of sp³-hybridized carbons (Fsp3) is 0.111. The van der Waals surface area contributed by atoms with Gasteiger partial charge in [-0.25, -0.2) is 4.79 Å². The number of carbonyl (C=O) groups excluding carboxylic acids is 2. The number of anilines is 1. The normalized spacial score (nSPS) is 10.5. The Morgan fingerprint density at radius 2 is 1.56 bits per heavy atom. The Morgan fingerprint density at radius 3 is 2.21 bits per heavy atom. The third kappa shape index (κ3) is 4.94. The first-order valence-electron chi connectivity index (χ1n) is 10.8. The second-order valence-electron chi connectivity index (χ2n) is 7.61. The fourth-order valence-corrected chi connectivity index (χ4v) is 3.41. The molecule has 4 rings (SSSR count). The van der Waals surface area contributed by atoms with Crippen molar-refractivity contribution in [3.05, 3.63) is 112 Å². The Hall–Kier alpha value is -4.52. The second kappa shape index (κ2) is 9.95. The molecule has 0 aliphatic heterocycles. The van der Waals surface area contributed by atoms with Gasteiger partial charge in [-0.3, -0.25) is 9.59 Å². The molecule has 1 amide bonds. The molecule has 0 spiro atoms. The number of aromatic nitrogens is 2. The molecule has 7 nitrogen and oxygen atoms in total. The van der Waals surface area contributed by atoms with Gasteiger partial charge in [0.25, 0.3) is 11.5 Å². The van der Waals surface area contributed by atoms with Gasteiger partial charge < -0.3 is 10.1 Å². The minimum atomic E-state index is -0.738. The van der Waals surface area contributed by atoms with E-state index in [0.717, 1.165) is 21.4 Å². The lowest BCUT2D eigenvalue weighted by Gasteiger charge is -2.13. The summed E-state index contributed by atoms with van der Waals surface area (Å²) in [6.07, 6.45) is 0. The highest BCUT2D eigenvalue weighted by molar-refractivity contribution is 6.07. The summed E-state index contributed by atoms with van der Waals surface area (Å²) in [5.74, 6) is -1.21. The number of nitrogens with zero attached hydrogens (tertiary/aromatic N) is 2. The van der Waals surface area contributed by atoms with Crippen molar-refractivity contribution in [2.75, 3.05) is 11.9 Å². The second-order valence-corrected chi connectivity index (χ2v) is 7.61. The lowest BCUT2D eigenvalue weighted by Crippen LogP contribution is -2.27. The van der Waals surface area contributed by atoms with Crippen LogP contribution in [0.3, 0.4) is 0 Å². The van der Waals surface area contributed by atoms with Gasteiger partial charge in [0.2, 0.25) is 0 Å². The van der Waals surface area contributed by atoms with E-state index in [0.29, 0.717) is 11.3 Å². The van der Waals surface area contributed by atoms with Gasteiger partial charge in [-0.2, -0.15) is 9.78 Å². The molecule has 170 valence electrons. The molecule has 0 saturated heterocycles. The van der Waals surface area contributed by atoms with Crippen molar-refractivity contribution in [2.24, 2.45) is 0 Å². The van der Waals surface area contributed by atoms with Crippen LogP contribution in [-0.2, 0) is 4.74 Å². The van der Waals surface area contributed by atoms with Crippen molar-refractivity contribution in [1.29, 1.82) is 0 Å². The molecule has 4 aromatic rings. The summed E-state index contributed by atoms with van der Waals surface area (Å²) >= 11 is 0. The Balaban J connectivity index is 1.65. The molecule has 0 aliphatic rings. The summed E-state index contributed by atoms with van der Waals surface area (Å²) in [6, 6.07) is 25.1. The third-order valence-electron chi connectivity index (χ3n) is 5.18. The summed E-state index contributed by atoms with van der Waals surface area (Å²) < 4.78 is 6.21. The lowest BCUT2D eigenvalue weighted by atomic mass is 10.0. The summed E-state index contributed by atoms with van der Waals surface area (Å²) in [6.45, 7) is 3.72. The van der Waals surface area contributed by atoms with Gasteiger partial charge in [0, 0.05) is 11.6 Å². The quantitative estimate of drug-likeness (QED) is 0.430. The largest absolute Gasteiger partial charge is 0.461 e. The van der Waals surface area contributed by atoms with Gasteiger partial charge in [-0.05, 0) is 49.2 Å². The van der Waals surface area contributed by atoms with E-state index in [1.165, 1.54) is 6.07 Å². The smallest absolute Gasteiger partial charge is 0.360 e. The van der Waals surface area contributed by atoms with Crippen LogP contribution in [0.5, 0.6) is 0 Å². The zero-order chi connectivity index (χ0) is 24.1. The number of amides is 1. The number of benzene rings is 3. The number of aryl methyl sites for hydroxylation is 1. The van der Waals surface area contributed by atoms with Gasteiger partial charge in [-0.1, -0.05) is 60.2 Å². The predicted molar refractivity (Wildman–Crippen MR) is 130 cm³/mol. The highest BCUT2D eigenvalue weighted by Crippen LogP contribution is 2.20. The van der Waals surface area contributed by atoms with Gasteiger partial charge in [-0.15, -0.1) is 0 Å². The van der Waals surface area contributed by atoms with Crippen LogP contribution < -0.4 is 10.9 Å². The van der Waals surface area contributed by atoms with E-state index in [9.17, 15) is 14.4 Å². The molecule has 1 heterocycles. The summed E-state index contributed by atoms with van der Waals surface area (Å²) in [5.41, 5.74) is 3.22. The van der Waals surface area contributed by atoms with E-state index in [1.54, 1.807) is 31.2 Å². The molecule has 0 atom stereocenters. The van der Waals surface area contributed by atoms with Crippen molar-refractivity contribution in [3.8, 4) is 16.8 Å². The monoisotopic (exact) mass is 453 g/mol. The highest BCUT2D eigenvalue weighted by Gasteiger charge is 2.20. The summed E-state index contributed by atoms with van der Waals surface area (Å²) in [7, 11) is 0. The maximum Gasteiger partial charge on any atom is 0.360 e. The van der Waals surface area contributed by atoms with E-state index >= 15 is 0 Å². The number of ether oxygens (including phenoxy) is 1. The van der Waals surface area contributed by atoms with Crippen LogP contribution >= 0.6 is 0 Å². The van der Waals surface area contributed by atoms with Crippen molar-refractivity contribution in [1.82, 2.24) is 9.78 Å². The molecular formula is C27H23N3O4. The van der Waals surface area contributed by atoms with Gasteiger partial charge >= 0.3 is 5.97 Å². The average molecular weight is 453 g/mol. The Kier molecular flexibility index (Phi) is 6.64. The summed E-state index contributed by atoms with van der Waals surface area (Å²) in [5, 5.41) is 6.84. The zero-order valence-corrected chi connectivity index (χ0v) is 18.8. The average Bonchev–Trinajstić information content (AvgIpc) is 2.85. The number of nitrogens with one attached hydrogen (secondary N) is 1. The van der Waals surface area contributed by atoms with Crippen LogP contribution in [0.2, 0.25) is 0 Å². The Bertz CT molecular complexity index is 1380. The first-order chi connectivity index (χ1) is 16.5. The number of hydrogen-bond donors (Lipinski definition) is 1. The number of rotatable bonds is 6. The van der Waals surface area contributed by atoms with Crippen LogP contribution in [0.15, 0.2) is 89.7 Å².